The van der Waals surface area contributed by atoms with Gasteiger partial charge in [-0.2, -0.15) is 0 Å². The lowest BCUT2D eigenvalue weighted by molar-refractivity contribution is -0.128. The van der Waals surface area contributed by atoms with Crippen molar-refractivity contribution in [3.63, 3.8) is 0 Å². The lowest BCUT2D eigenvalue weighted by atomic mass is 9.92. The van der Waals surface area contributed by atoms with E-state index in [-0.39, 0.29) is 11.3 Å². The van der Waals surface area contributed by atoms with Crippen LogP contribution in [0.1, 0.15) is 19.4 Å². The topological polar surface area (TPSA) is 41.1 Å². The van der Waals surface area contributed by atoms with Crippen LogP contribution in [0.15, 0.2) is 24.3 Å². The van der Waals surface area contributed by atoms with Gasteiger partial charge in [-0.05, 0) is 19.4 Å². The van der Waals surface area contributed by atoms with E-state index in [1.54, 1.807) is 7.05 Å². The van der Waals surface area contributed by atoms with Gasteiger partial charge < -0.3 is 10.6 Å². The van der Waals surface area contributed by atoms with Crippen molar-refractivity contribution in [2.75, 3.05) is 13.6 Å². The van der Waals surface area contributed by atoms with Crippen molar-refractivity contribution in [2.45, 2.75) is 40.0 Å². The van der Waals surface area contributed by atoms with Gasteiger partial charge in [0.25, 0.3) is 0 Å². The fourth-order valence-electron chi connectivity index (χ4n) is 2.06. The minimum absolute atomic E-state index is 0.0686. The summed E-state index contributed by atoms with van der Waals surface area (Å²) in [6.07, 6.45) is 0. The summed E-state index contributed by atoms with van der Waals surface area (Å²) in [5.74, 6) is 0.0686. The lowest BCUT2D eigenvalue weighted by Crippen LogP contribution is -2.42. The summed E-state index contributed by atoms with van der Waals surface area (Å²) in [6.45, 7) is 12.4. The van der Waals surface area contributed by atoms with Crippen molar-refractivity contribution in [2.24, 2.45) is 5.41 Å². The highest BCUT2D eigenvalue weighted by atomic mass is 28.3. The molecule has 0 bridgehead atoms. The van der Waals surface area contributed by atoms with Crippen LogP contribution in [-0.4, -0.2) is 27.6 Å². The maximum absolute atomic E-state index is 11.7. The Kier molecular flexibility index (Phi) is 5.54. The fraction of sp³-hybridized carbons (Fsp3) is 0.562. The number of rotatable bonds is 6. The van der Waals surface area contributed by atoms with Crippen LogP contribution in [0.4, 0.5) is 0 Å². The average molecular weight is 292 g/mol. The molecule has 0 aliphatic rings. The summed E-state index contributed by atoms with van der Waals surface area (Å²) in [4.78, 5) is 11.7. The maximum Gasteiger partial charge on any atom is 0.226 e. The molecule has 112 valence electrons. The van der Waals surface area contributed by atoms with Crippen molar-refractivity contribution < 1.29 is 4.79 Å². The van der Waals surface area contributed by atoms with Gasteiger partial charge in [0, 0.05) is 20.1 Å². The third-order valence-electron chi connectivity index (χ3n) is 3.56. The van der Waals surface area contributed by atoms with Gasteiger partial charge in [0.2, 0.25) is 5.91 Å². The predicted octanol–water partition coefficient (Wildman–Crippen LogP) is 2.09. The third-order valence-corrected chi connectivity index (χ3v) is 5.62. The molecule has 0 radical (unpaired) electrons. The molecule has 0 heterocycles. The Morgan fingerprint density at radius 1 is 1.15 bits per heavy atom. The largest absolute Gasteiger partial charge is 0.359 e. The lowest BCUT2D eigenvalue weighted by Gasteiger charge is -2.23. The molecule has 0 unspecified atom stereocenters. The summed E-state index contributed by atoms with van der Waals surface area (Å²) in [7, 11) is 0.469. The van der Waals surface area contributed by atoms with Crippen LogP contribution >= 0.6 is 0 Å². The molecule has 0 atom stereocenters. The molecule has 0 aromatic heterocycles. The SMILES string of the molecule is CNC(=O)C(C)(C)CNCc1ccc([Si](C)(C)C)cc1. The molecule has 3 nitrogen and oxygen atoms in total. The van der Waals surface area contributed by atoms with Gasteiger partial charge in [0.05, 0.1) is 13.5 Å². The summed E-state index contributed by atoms with van der Waals surface area (Å²) < 4.78 is 0. The van der Waals surface area contributed by atoms with E-state index in [9.17, 15) is 4.79 Å². The van der Waals surface area contributed by atoms with E-state index in [2.05, 4.69) is 54.5 Å². The second-order valence-electron chi connectivity index (χ2n) is 7.01. The highest BCUT2D eigenvalue weighted by molar-refractivity contribution is 6.88. The molecule has 2 N–H and O–H groups in total. The van der Waals surface area contributed by atoms with E-state index < -0.39 is 8.07 Å². The number of nitrogens with one attached hydrogen (secondary N) is 2. The minimum Gasteiger partial charge on any atom is -0.359 e. The Bertz CT molecular complexity index is 447. The van der Waals surface area contributed by atoms with E-state index in [4.69, 9.17) is 0 Å². The van der Waals surface area contributed by atoms with Crippen molar-refractivity contribution >= 4 is 19.2 Å². The first-order valence-electron chi connectivity index (χ1n) is 7.19. The molecule has 0 saturated carbocycles. The molecule has 1 aromatic rings. The zero-order valence-electron chi connectivity index (χ0n) is 13.6. The highest BCUT2D eigenvalue weighted by Gasteiger charge is 2.25. The molecular weight excluding hydrogens is 264 g/mol. The summed E-state index contributed by atoms with van der Waals surface area (Å²) in [5, 5.41) is 7.55. The van der Waals surface area contributed by atoms with Gasteiger partial charge in [-0.1, -0.05) is 49.1 Å². The van der Waals surface area contributed by atoms with E-state index in [0.29, 0.717) is 6.54 Å². The van der Waals surface area contributed by atoms with E-state index in [0.717, 1.165) is 6.54 Å². The van der Waals surface area contributed by atoms with E-state index >= 15 is 0 Å². The number of amides is 1. The van der Waals surface area contributed by atoms with Crippen molar-refractivity contribution in [1.29, 1.82) is 0 Å². The molecule has 0 fully saturated rings. The van der Waals surface area contributed by atoms with Crippen molar-refractivity contribution in [3.05, 3.63) is 29.8 Å². The first-order valence-corrected chi connectivity index (χ1v) is 10.7. The second kappa shape index (κ2) is 6.55. The minimum atomic E-state index is -1.21. The molecule has 1 aromatic carbocycles. The van der Waals surface area contributed by atoms with Gasteiger partial charge in [0.15, 0.2) is 0 Å². The zero-order valence-corrected chi connectivity index (χ0v) is 14.6. The molecule has 0 spiro atoms. The van der Waals surface area contributed by atoms with E-state index in [1.807, 2.05) is 13.8 Å². The molecule has 0 aliphatic carbocycles. The molecule has 1 rings (SSSR count). The standard InChI is InChI=1S/C16H28N2OSi/c1-16(2,15(19)17-3)12-18-11-13-7-9-14(10-8-13)20(4,5)6/h7-10,18H,11-12H2,1-6H3,(H,17,19). The normalized spacial score (nSPS) is 12.3. The zero-order chi connectivity index (χ0) is 15.4. The number of benzene rings is 1. The Morgan fingerprint density at radius 3 is 2.15 bits per heavy atom. The monoisotopic (exact) mass is 292 g/mol. The van der Waals surface area contributed by atoms with Crippen LogP contribution < -0.4 is 15.8 Å². The average Bonchev–Trinajstić information content (AvgIpc) is 2.37. The van der Waals surface area contributed by atoms with Gasteiger partial charge in [-0.25, -0.2) is 0 Å². The third kappa shape index (κ3) is 4.76. The van der Waals surface area contributed by atoms with Crippen LogP contribution in [0.3, 0.4) is 0 Å². The molecule has 4 heteroatoms. The predicted molar refractivity (Wildman–Crippen MR) is 89.0 cm³/mol. The summed E-state index contributed by atoms with van der Waals surface area (Å²) in [6, 6.07) is 8.86. The van der Waals surface area contributed by atoms with Crippen LogP contribution in [0.2, 0.25) is 19.6 Å². The molecule has 0 aliphatic heterocycles. The smallest absolute Gasteiger partial charge is 0.226 e. The summed E-state index contributed by atoms with van der Waals surface area (Å²) in [5.41, 5.74) is 0.882. The first kappa shape index (κ1) is 16.9. The van der Waals surface area contributed by atoms with Crippen LogP contribution in [0.25, 0.3) is 0 Å². The van der Waals surface area contributed by atoms with Crippen LogP contribution in [-0.2, 0) is 11.3 Å². The van der Waals surface area contributed by atoms with Crippen molar-refractivity contribution in [1.82, 2.24) is 10.6 Å². The quantitative estimate of drug-likeness (QED) is 0.788. The van der Waals surface area contributed by atoms with Crippen LogP contribution in [0.5, 0.6) is 0 Å². The van der Waals surface area contributed by atoms with Gasteiger partial charge in [-0.15, -0.1) is 0 Å². The maximum atomic E-state index is 11.7. The molecule has 20 heavy (non-hydrogen) atoms. The Morgan fingerprint density at radius 2 is 1.70 bits per heavy atom. The van der Waals surface area contributed by atoms with Crippen LogP contribution in [0, 0.1) is 5.41 Å². The number of hydrogen-bond donors (Lipinski definition) is 2. The van der Waals surface area contributed by atoms with E-state index in [1.165, 1.54) is 10.8 Å². The number of carbonyl (C=O) groups is 1. The molecular formula is C16H28N2OSi. The number of carbonyl (C=O) groups excluding carboxylic acids is 1. The van der Waals surface area contributed by atoms with Crippen molar-refractivity contribution in [3.8, 4) is 0 Å². The molecule has 0 saturated heterocycles. The fourth-order valence-corrected chi connectivity index (χ4v) is 3.23. The Hall–Kier alpha value is -1.13. The first-order chi connectivity index (χ1) is 9.16. The van der Waals surface area contributed by atoms with Gasteiger partial charge in [0.1, 0.15) is 0 Å². The van der Waals surface area contributed by atoms with Gasteiger partial charge >= 0.3 is 0 Å². The number of hydrogen-bond acceptors (Lipinski definition) is 2. The molecule has 1 amide bonds. The summed E-state index contributed by atoms with van der Waals surface area (Å²) >= 11 is 0. The Balaban J connectivity index is 2.53. The Labute approximate surface area is 124 Å². The second-order valence-corrected chi connectivity index (χ2v) is 12.1. The van der Waals surface area contributed by atoms with Gasteiger partial charge in [-0.3, -0.25) is 4.79 Å². The highest BCUT2D eigenvalue weighted by Crippen LogP contribution is 2.13.